The summed E-state index contributed by atoms with van der Waals surface area (Å²) in [5, 5.41) is 0. The third-order valence-electron chi connectivity index (χ3n) is 2.40. The molecule has 0 saturated carbocycles. The Morgan fingerprint density at radius 2 is 2.00 bits per heavy atom. The molecule has 0 bridgehead atoms. The van der Waals surface area contributed by atoms with Crippen LogP contribution >= 0.6 is 15.9 Å². The van der Waals surface area contributed by atoms with Crippen LogP contribution in [0.4, 0.5) is 0 Å². The van der Waals surface area contributed by atoms with E-state index < -0.39 is 0 Å². The van der Waals surface area contributed by atoms with Crippen LogP contribution in [0.3, 0.4) is 0 Å². The molecular formula is C13H16BrN3O. The molecule has 96 valence electrons. The number of aromatic nitrogens is 2. The second-order valence-corrected chi connectivity index (χ2v) is 5.03. The number of halogens is 1. The van der Waals surface area contributed by atoms with Crippen molar-refractivity contribution in [1.29, 1.82) is 0 Å². The summed E-state index contributed by atoms with van der Waals surface area (Å²) in [6.07, 6.45) is 0.178. The van der Waals surface area contributed by atoms with Crippen molar-refractivity contribution in [2.24, 2.45) is 5.73 Å². The number of aromatic amines is 1. The fourth-order valence-electron chi connectivity index (χ4n) is 1.65. The predicted octanol–water partition coefficient (Wildman–Crippen LogP) is 3.09. The van der Waals surface area contributed by atoms with E-state index in [2.05, 4.69) is 25.9 Å². The van der Waals surface area contributed by atoms with Crippen LogP contribution in [0.2, 0.25) is 0 Å². The number of H-pyrrole nitrogens is 1. The lowest BCUT2D eigenvalue weighted by atomic mass is 10.1. The van der Waals surface area contributed by atoms with Crippen LogP contribution in [-0.2, 0) is 6.54 Å². The summed E-state index contributed by atoms with van der Waals surface area (Å²) < 4.78 is 6.45. The van der Waals surface area contributed by atoms with Crippen LogP contribution < -0.4 is 10.5 Å². The third-order valence-corrected chi connectivity index (χ3v) is 2.98. The molecule has 1 aromatic carbocycles. The van der Waals surface area contributed by atoms with Gasteiger partial charge in [0.1, 0.15) is 21.9 Å². The highest BCUT2D eigenvalue weighted by Crippen LogP contribution is 2.27. The number of benzene rings is 1. The molecule has 0 aliphatic rings. The molecule has 0 unspecified atom stereocenters. The van der Waals surface area contributed by atoms with E-state index in [4.69, 9.17) is 10.5 Å². The summed E-state index contributed by atoms with van der Waals surface area (Å²) in [5.74, 6) is 1.62. The molecule has 18 heavy (non-hydrogen) atoms. The Balaban J connectivity index is 2.25. The van der Waals surface area contributed by atoms with Crippen molar-refractivity contribution in [2.45, 2.75) is 26.5 Å². The minimum atomic E-state index is 0.178. The number of nitrogens with two attached hydrogens (primary N) is 1. The van der Waals surface area contributed by atoms with Gasteiger partial charge in [0, 0.05) is 5.56 Å². The SMILES string of the molecule is CC(C)Oc1ccc(-c2nc(CN)[nH]c2Br)cc1. The molecule has 0 aliphatic heterocycles. The Hall–Kier alpha value is -1.33. The molecule has 0 fully saturated rings. The van der Waals surface area contributed by atoms with Crippen molar-refractivity contribution in [2.75, 3.05) is 0 Å². The third kappa shape index (κ3) is 2.91. The topological polar surface area (TPSA) is 63.9 Å². The van der Waals surface area contributed by atoms with Crippen molar-refractivity contribution in [3.05, 3.63) is 34.7 Å². The number of hydrogen-bond acceptors (Lipinski definition) is 3. The lowest BCUT2D eigenvalue weighted by Gasteiger charge is -2.09. The highest BCUT2D eigenvalue weighted by Gasteiger charge is 2.09. The average Bonchev–Trinajstić information content (AvgIpc) is 2.71. The second-order valence-electron chi connectivity index (χ2n) is 4.24. The standard InChI is InChI=1S/C13H16BrN3O/c1-8(2)18-10-5-3-9(4-6-10)12-13(14)17-11(7-15)16-12/h3-6,8H,7,15H2,1-2H3,(H,16,17). The summed E-state index contributed by atoms with van der Waals surface area (Å²) in [6, 6.07) is 7.86. The number of imidazole rings is 1. The Bertz CT molecular complexity index is 520. The quantitative estimate of drug-likeness (QED) is 0.912. The number of ether oxygens (including phenoxy) is 1. The van der Waals surface area contributed by atoms with E-state index in [0.717, 1.165) is 27.4 Å². The molecule has 0 amide bonds. The maximum atomic E-state index is 5.60. The first kappa shape index (κ1) is 13.1. The summed E-state index contributed by atoms with van der Waals surface area (Å²) >= 11 is 3.45. The van der Waals surface area contributed by atoms with E-state index in [1.165, 1.54) is 0 Å². The van der Waals surface area contributed by atoms with E-state index in [0.29, 0.717) is 6.54 Å². The normalized spacial score (nSPS) is 10.9. The molecule has 0 saturated heterocycles. The van der Waals surface area contributed by atoms with Gasteiger partial charge in [0.15, 0.2) is 0 Å². The minimum absolute atomic E-state index is 0.178. The van der Waals surface area contributed by atoms with Crippen LogP contribution in [-0.4, -0.2) is 16.1 Å². The van der Waals surface area contributed by atoms with E-state index in [1.54, 1.807) is 0 Å². The monoisotopic (exact) mass is 309 g/mol. The first-order valence-electron chi connectivity index (χ1n) is 5.81. The van der Waals surface area contributed by atoms with Gasteiger partial charge >= 0.3 is 0 Å². The van der Waals surface area contributed by atoms with Gasteiger partial charge in [-0.2, -0.15) is 0 Å². The number of nitrogens with one attached hydrogen (secondary N) is 1. The zero-order valence-corrected chi connectivity index (χ0v) is 12.0. The first-order chi connectivity index (χ1) is 8.60. The highest BCUT2D eigenvalue weighted by molar-refractivity contribution is 9.10. The molecule has 4 nitrogen and oxygen atoms in total. The van der Waals surface area contributed by atoms with Crippen LogP contribution in [0.15, 0.2) is 28.9 Å². The smallest absolute Gasteiger partial charge is 0.121 e. The van der Waals surface area contributed by atoms with E-state index in [9.17, 15) is 0 Å². The van der Waals surface area contributed by atoms with Gasteiger partial charge < -0.3 is 15.5 Å². The summed E-state index contributed by atoms with van der Waals surface area (Å²) in [5.41, 5.74) is 7.44. The average molecular weight is 310 g/mol. The first-order valence-corrected chi connectivity index (χ1v) is 6.61. The molecule has 0 radical (unpaired) electrons. The molecule has 1 heterocycles. The molecular weight excluding hydrogens is 294 g/mol. The van der Waals surface area contributed by atoms with Crippen molar-refractivity contribution in [1.82, 2.24) is 9.97 Å². The van der Waals surface area contributed by atoms with Crippen LogP contribution in [0.5, 0.6) is 5.75 Å². The largest absolute Gasteiger partial charge is 0.491 e. The van der Waals surface area contributed by atoms with Crippen molar-refractivity contribution < 1.29 is 4.74 Å². The fraction of sp³-hybridized carbons (Fsp3) is 0.308. The van der Waals surface area contributed by atoms with E-state index in [-0.39, 0.29) is 6.10 Å². The van der Waals surface area contributed by atoms with E-state index >= 15 is 0 Å². The molecule has 1 aromatic heterocycles. The fourth-order valence-corrected chi connectivity index (χ4v) is 2.20. The predicted molar refractivity (Wildman–Crippen MR) is 75.4 cm³/mol. The zero-order valence-electron chi connectivity index (χ0n) is 10.4. The molecule has 3 N–H and O–H groups in total. The molecule has 2 aromatic rings. The van der Waals surface area contributed by atoms with Gasteiger partial charge in [0.2, 0.25) is 0 Å². The maximum absolute atomic E-state index is 5.60. The number of nitrogens with zero attached hydrogens (tertiary/aromatic N) is 1. The van der Waals surface area contributed by atoms with Gasteiger partial charge in [-0.3, -0.25) is 0 Å². The van der Waals surface area contributed by atoms with Gasteiger partial charge in [-0.25, -0.2) is 4.98 Å². The zero-order chi connectivity index (χ0) is 13.1. The lowest BCUT2D eigenvalue weighted by molar-refractivity contribution is 0.242. The lowest BCUT2D eigenvalue weighted by Crippen LogP contribution is -2.05. The second kappa shape index (κ2) is 5.54. The van der Waals surface area contributed by atoms with Crippen LogP contribution in [0, 0.1) is 0 Å². The van der Waals surface area contributed by atoms with Crippen LogP contribution in [0.25, 0.3) is 11.3 Å². The molecule has 0 atom stereocenters. The van der Waals surface area contributed by atoms with Gasteiger partial charge in [-0.15, -0.1) is 0 Å². The molecule has 5 heteroatoms. The molecule has 0 spiro atoms. The molecule has 2 rings (SSSR count). The summed E-state index contributed by atoms with van der Waals surface area (Å²) in [7, 11) is 0. The van der Waals surface area contributed by atoms with Crippen LogP contribution in [0.1, 0.15) is 19.7 Å². The molecule has 0 aliphatic carbocycles. The Kier molecular flexibility index (Phi) is 4.04. The van der Waals surface area contributed by atoms with Crippen molar-refractivity contribution in [3.63, 3.8) is 0 Å². The summed E-state index contributed by atoms with van der Waals surface area (Å²) in [6.45, 7) is 4.41. The van der Waals surface area contributed by atoms with Gasteiger partial charge in [0.25, 0.3) is 0 Å². The Labute approximate surface area is 115 Å². The summed E-state index contributed by atoms with van der Waals surface area (Å²) in [4.78, 5) is 7.51. The van der Waals surface area contributed by atoms with Gasteiger partial charge in [-0.1, -0.05) is 0 Å². The van der Waals surface area contributed by atoms with Gasteiger partial charge in [-0.05, 0) is 54.0 Å². The number of rotatable bonds is 4. The Morgan fingerprint density at radius 3 is 2.50 bits per heavy atom. The number of hydrogen-bond donors (Lipinski definition) is 2. The van der Waals surface area contributed by atoms with Crippen molar-refractivity contribution >= 4 is 15.9 Å². The Morgan fingerprint density at radius 1 is 1.33 bits per heavy atom. The van der Waals surface area contributed by atoms with E-state index in [1.807, 2.05) is 38.1 Å². The van der Waals surface area contributed by atoms with Crippen molar-refractivity contribution in [3.8, 4) is 17.0 Å². The highest BCUT2D eigenvalue weighted by atomic mass is 79.9. The minimum Gasteiger partial charge on any atom is -0.491 e. The maximum Gasteiger partial charge on any atom is 0.121 e. The van der Waals surface area contributed by atoms with Gasteiger partial charge in [0.05, 0.1) is 12.6 Å².